The van der Waals surface area contributed by atoms with Crippen LogP contribution in [0.5, 0.6) is 11.5 Å². The molecular formula is C19H11Cl2N3O3S. The van der Waals surface area contributed by atoms with Crippen LogP contribution >= 0.6 is 34.5 Å². The molecule has 3 heterocycles. The van der Waals surface area contributed by atoms with Crippen molar-refractivity contribution >= 4 is 45.6 Å². The first-order valence-electron chi connectivity index (χ1n) is 8.33. The Balaban J connectivity index is 1.50. The van der Waals surface area contributed by atoms with Gasteiger partial charge in [0.2, 0.25) is 4.96 Å². The van der Waals surface area contributed by atoms with Gasteiger partial charge >= 0.3 is 0 Å². The number of para-hydroxylation sites is 2. The SMILES string of the molecule is O=c1/c(=C\c2ccc(Cl)c(Cl)c2)sc2nc([C@H]3COc4ccccc4O3)nn12. The second-order valence-corrected chi connectivity index (χ2v) is 7.94. The predicted octanol–water partition coefficient (Wildman–Crippen LogP) is 3.52. The first-order chi connectivity index (χ1) is 13.6. The van der Waals surface area contributed by atoms with E-state index in [9.17, 15) is 4.79 Å². The summed E-state index contributed by atoms with van der Waals surface area (Å²) in [6.07, 6.45) is 1.27. The summed E-state index contributed by atoms with van der Waals surface area (Å²) < 4.78 is 13.4. The summed E-state index contributed by atoms with van der Waals surface area (Å²) in [6, 6.07) is 12.6. The molecule has 1 aliphatic rings. The zero-order valence-electron chi connectivity index (χ0n) is 14.1. The van der Waals surface area contributed by atoms with Crippen molar-refractivity contribution < 1.29 is 9.47 Å². The van der Waals surface area contributed by atoms with Crippen LogP contribution < -0.4 is 19.6 Å². The average Bonchev–Trinajstić information content (AvgIpc) is 3.24. The van der Waals surface area contributed by atoms with Crippen molar-refractivity contribution in [1.29, 1.82) is 0 Å². The molecule has 0 radical (unpaired) electrons. The van der Waals surface area contributed by atoms with Crippen molar-refractivity contribution in [3.63, 3.8) is 0 Å². The molecule has 0 spiro atoms. The van der Waals surface area contributed by atoms with Crippen LogP contribution in [0.3, 0.4) is 0 Å². The van der Waals surface area contributed by atoms with Crippen molar-refractivity contribution in [2.45, 2.75) is 6.10 Å². The van der Waals surface area contributed by atoms with Gasteiger partial charge in [0, 0.05) is 0 Å². The van der Waals surface area contributed by atoms with Crippen molar-refractivity contribution in [1.82, 2.24) is 14.6 Å². The Bertz CT molecular complexity index is 1320. The predicted molar refractivity (Wildman–Crippen MR) is 108 cm³/mol. The molecule has 140 valence electrons. The number of ether oxygens (including phenoxy) is 2. The Labute approximate surface area is 172 Å². The molecule has 4 aromatic rings. The van der Waals surface area contributed by atoms with Gasteiger partial charge in [0.25, 0.3) is 5.56 Å². The van der Waals surface area contributed by atoms with Crippen molar-refractivity contribution in [3.8, 4) is 11.5 Å². The third-order valence-electron chi connectivity index (χ3n) is 4.24. The number of halogens is 2. The largest absolute Gasteiger partial charge is 0.485 e. The van der Waals surface area contributed by atoms with Crippen LogP contribution in [0.4, 0.5) is 0 Å². The van der Waals surface area contributed by atoms with Gasteiger partial charge < -0.3 is 9.47 Å². The van der Waals surface area contributed by atoms with Crippen molar-refractivity contribution in [2.75, 3.05) is 6.61 Å². The van der Waals surface area contributed by atoms with Gasteiger partial charge in [-0.2, -0.15) is 9.50 Å². The number of thiazole rings is 1. The van der Waals surface area contributed by atoms with E-state index in [4.69, 9.17) is 32.7 Å². The van der Waals surface area contributed by atoms with Crippen LogP contribution in [0.15, 0.2) is 47.3 Å². The second kappa shape index (κ2) is 6.77. The first-order valence-corrected chi connectivity index (χ1v) is 9.90. The summed E-state index contributed by atoms with van der Waals surface area (Å²) >= 11 is 13.2. The highest BCUT2D eigenvalue weighted by molar-refractivity contribution is 7.15. The Hall–Kier alpha value is -2.61. The Morgan fingerprint density at radius 2 is 1.96 bits per heavy atom. The fourth-order valence-corrected chi connectivity index (χ4v) is 4.11. The molecule has 2 aromatic heterocycles. The molecule has 1 atom stereocenters. The molecule has 0 saturated carbocycles. The third-order valence-corrected chi connectivity index (χ3v) is 5.93. The van der Waals surface area contributed by atoms with Crippen LogP contribution in [0.1, 0.15) is 17.5 Å². The van der Waals surface area contributed by atoms with Gasteiger partial charge in [0.15, 0.2) is 23.4 Å². The van der Waals surface area contributed by atoms with Crippen LogP contribution in [0, 0.1) is 0 Å². The third kappa shape index (κ3) is 3.01. The standard InChI is InChI=1S/C19H11Cl2N3O3S/c20-11-6-5-10(7-12(11)21)8-16-18(25)24-19(28-16)22-17(23-24)15-9-26-13-3-1-2-4-14(13)27-15/h1-8,15H,9H2/b16-8+/t15-/m1/s1. The Morgan fingerprint density at radius 3 is 2.75 bits per heavy atom. The lowest BCUT2D eigenvalue weighted by molar-refractivity contribution is 0.0852. The van der Waals surface area contributed by atoms with Crippen molar-refractivity contribution in [2.24, 2.45) is 0 Å². The second-order valence-electron chi connectivity index (χ2n) is 6.12. The number of nitrogens with zero attached hydrogens (tertiary/aromatic N) is 3. The maximum Gasteiger partial charge on any atom is 0.291 e. The highest BCUT2D eigenvalue weighted by Crippen LogP contribution is 2.35. The minimum absolute atomic E-state index is 0.248. The highest BCUT2D eigenvalue weighted by Gasteiger charge is 2.27. The summed E-state index contributed by atoms with van der Waals surface area (Å²) in [5.41, 5.74) is 0.527. The van der Waals surface area contributed by atoms with Gasteiger partial charge in [-0.05, 0) is 35.9 Å². The fraction of sp³-hybridized carbons (Fsp3) is 0.105. The van der Waals surface area contributed by atoms with Gasteiger partial charge in [-0.1, -0.05) is 52.7 Å². The van der Waals surface area contributed by atoms with E-state index in [1.807, 2.05) is 24.3 Å². The van der Waals surface area contributed by atoms with Crippen LogP contribution in [-0.4, -0.2) is 21.2 Å². The minimum atomic E-state index is -0.469. The molecule has 6 nitrogen and oxygen atoms in total. The van der Waals surface area contributed by atoms with E-state index in [1.54, 1.807) is 24.3 Å². The normalized spacial score (nSPS) is 16.6. The molecule has 0 aliphatic carbocycles. The lowest BCUT2D eigenvalue weighted by Gasteiger charge is -2.24. The van der Waals surface area contributed by atoms with E-state index >= 15 is 0 Å². The molecule has 2 aromatic carbocycles. The van der Waals surface area contributed by atoms with E-state index in [1.165, 1.54) is 15.9 Å². The zero-order chi connectivity index (χ0) is 19.3. The van der Waals surface area contributed by atoms with E-state index in [0.717, 1.165) is 5.56 Å². The highest BCUT2D eigenvalue weighted by atomic mass is 35.5. The van der Waals surface area contributed by atoms with Gasteiger partial charge in [-0.25, -0.2) is 0 Å². The molecule has 0 saturated heterocycles. The van der Waals surface area contributed by atoms with Crippen LogP contribution in [-0.2, 0) is 0 Å². The van der Waals surface area contributed by atoms with Crippen molar-refractivity contribution in [3.05, 3.63) is 78.8 Å². The fourth-order valence-electron chi connectivity index (χ4n) is 2.89. The lowest BCUT2D eigenvalue weighted by Crippen LogP contribution is -2.26. The molecule has 0 N–H and O–H groups in total. The monoisotopic (exact) mass is 431 g/mol. The molecular weight excluding hydrogens is 421 g/mol. The number of rotatable bonds is 2. The maximum atomic E-state index is 12.7. The molecule has 28 heavy (non-hydrogen) atoms. The molecule has 0 unspecified atom stereocenters. The van der Waals surface area contributed by atoms with Gasteiger partial charge in [-0.3, -0.25) is 4.79 Å². The van der Waals surface area contributed by atoms with Gasteiger partial charge in [0.05, 0.1) is 14.6 Å². The minimum Gasteiger partial charge on any atom is -0.485 e. The van der Waals surface area contributed by atoms with E-state index in [0.29, 0.717) is 36.9 Å². The summed E-state index contributed by atoms with van der Waals surface area (Å²) in [4.78, 5) is 17.6. The van der Waals surface area contributed by atoms with Gasteiger partial charge in [0.1, 0.15) is 6.61 Å². The molecule has 5 rings (SSSR count). The smallest absolute Gasteiger partial charge is 0.291 e. The topological polar surface area (TPSA) is 65.7 Å². The average molecular weight is 432 g/mol. The number of aromatic nitrogens is 3. The lowest BCUT2D eigenvalue weighted by atomic mass is 10.2. The van der Waals surface area contributed by atoms with Gasteiger partial charge in [-0.15, -0.1) is 5.10 Å². The molecule has 0 fully saturated rings. The number of fused-ring (bicyclic) bond motifs is 2. The first kappa shape index (κ1) is 17.5. The summed E-state index contributed by atoms with van der Waals surface area (Å²) in [5, 5.41) is 5.23. The van der Waals surface area contributed by atoms with Crippen LogP contribution in [0.25, 0.3) is 11.0 Å². The Kier molecular flexibility index (Phi) is 4.23. The molecule has 9 heteroatoms. The number of hydrogen-bond donors (Lipinski definition) is 0. The van der Waals surface area contributed by atoms with E-state index in [-0.39, 0.29) is 12.2 Å². The van der Waals surface area contributed by atoms with E-state index in [2.05, 4.69) is 10.1 Å². The number of benzene rings is 2. The molecule has 0 bridgehead atoms. The number of hydrogen-bond acceptors (Lipinski definition) is 6. The maximum absolute atomic E-state index is 12.7. The Morgan fingerprint density at radius 1 is 1.14 bits per heavy atom. The quantitative estimate of drug-likeness (QED) is 0.485. The van der Waals surface area contributed by atoms with E-state index < -0.39 is 6.10 Å². The summed E-state index contributed by atoms with van der Waals surface area (Å²) in [6.45, 7) is 0.283. The molecule has 0 amide bonds. The summed E-state index contributed by atoms with van der Waals surface area (Å²) in [5.74, 6) is 1.73. The summed E-state index contributed by atoms with van der Waals surface area (Å²) in [7, 11) is 0. The van der Waals surface area contributed by atoms with Crippen LogP contribution in [0.2, 0.25) is 10.0 Å². The molecule has 1 aliphatic heterocycles. The zero-order valence-corrected chi connectivity index (χ0v) is 16.5.